The minimum Gasteiger partial charge on any atom is -0.325 e. The third kappa shape index (κ3) is 5.14. The van der Waals surface area contributed by atoms with Crippen molar-refractivity contribution in [3.63, 3.8) is 0 Å². The fourth-order valence-corrected chi connectivity index (χ4v) is 5.01. The van der Waals surface area contributed by atoms with Gasteiger partial charge in [0, 0.05) is 24.7 Å². The highest BCUT2D eigenvalue weighted by atomic mass is 32.2. The van der Waals surface area contributed by atoms with Gasteiger partial charge in [0.1, 0.15) is 0 Å². The molecule has 6 nitrogen and oxygen atoms in total. The van der Waals surface area contributed by atoms with Crippen molar-refractivity contribution in [1.29, 1.82) is 0 Å². The maximum atomic E-state index is 12.6. The van der Waals surface area contributed by atoms with Crippen molar-refractivity contribution in [3.05, 3.63) is 82.0 Å². The van der Waals surface area contributed by atoms with Crippen LogP contribution in [0.1, 0.15) is 22.0 Å². The number of amides is 1. The van der Waals surface area contributed by atoms with Gasteiger partial charge in [0.15, 0.2) is 0 Å². The molecule has 158 valence electrons. The number of carbonyl (C=O) groups is 1. The topological polar surface area (TPSA) is 78.5 Å². The lowest BCUT2D eigenvalue weighted by atomic mass is 10.1. The summed E-state index contributed by atoms with van der Waals surface area (Å²) in [4.78, 5) is 13.9. The number of nitrogens with zero attached hydrogens (tertiary/aromatic N) is 1. The number of hydrogen-bond acceptors (Lipinski definition) is 5. The molecule has 0 aliphatic carbocycles. The summed E-state index contributed by atoms with van der Waals surface area (Å²) in [5.41, 5.74) is 2.14. The fraction of sp³-hybridized carbons (Fsp3) is 0.227. The fourth-order valence-electron chi connectivity index (χ4n) is 3.04. The van der Waals surface area contributed by atoms with Gasteiger partial charge in [-0.15, -0.1) is 11.3 Å². The molecule has 2 aromatic carbocycles. The lowest BCUT2D eigenvalue weighted by molar-refractivity contribution is -0.115. The highest BCUT2D eigenvalue weighted by Crippen LogP contribution is 2.26. The number of sulfonamides is 1. The quantitative estimate of drug-likeness (QED) is 0.557. The second-order valence-electron chi connectivity index (χ2n) is 7.06. The maximum Gasteiger partial charge on any atom is 0.242 e. The molecular weight excluding hydrogens is 418 g/mol. The van der Waals surface area contributed by atoms with Gasteiger partial charge in [-0.3, -0.25) is 10.1 Å². The molecule has 1 atom stereocenters. The minimum atomic E-state index is -3.59. The molecular formula is C22H25N3O3S2. The van der Waals surface area contributed by atoms with Crippen LogP contribution in [0, 0.1) is 6.92 Å². The van der Waals surface area contributed by atoms with Gasteiger partial charge in [-0.2, -0.15) is 0 Å². The number of aryl methyl sites for hydroxylation is 1. The van der Waals surface area contributed by atoms with Crippen molar-refractivity contribution >= 4 is 33.0 Å². The third-order valence-electron chi connectivity index (χ3n) is 4.66. The van der Waals surface area contributed by atoms with Gasteiger partial charge < -0.3 is 5.32 Å². The van der Waals surface area contributed by atoms with Crippen LogP contribution in [0.25, 0.3) is 0 Å². The molecule has 0 radical (unpaired) electrons. The number of nitrogens with one attached hydrogen (secondary N) is 2. The van der Waals surface area contributed by atoms with Crippen LogP contribution in [0.3, 0.4) is 0 Å². The Kier molecular flexibility index (Phi) is 7.04. The zero-order valence-electron chi connectivity index (χ0n) is 17.1. The van der Waals surface area contributed by atoms with Crippen LogP contribution in [0.15, 0.2) is 70.9 Å². The molecule has 3 aromatic rings. The second-order valence-corrected chi connectivity index (χ2v) is 10.2. The Labute approximate surface area is 181 Å². The van der Waals surface area contributed by atoms with E-state index in [1.165, 1.54) is 20.2 Å². The summed E-state index contributed by atoms with van der Waals surface area (Å²) in [6, 6.07) is 18.7. The number of anilines is 1. The summed E-state index contributed by atoms with van der Waals surface area (Å²) in [6.07, 6.45) is 0. The number of thiophene rings is 1. The van der Waals surface area contributed by atoms with Crippen LogP contribution in [0.4, 0.5) is 5.69 Å². The lowest BCUT2D eigenvalue weighted by Crippen LogP contribution is -2.31. The van der Waals surface area contributed by atoms with E-state index < -0.39 is 10.0 Å². The smallest absolute Gasteiger partial charge is 0.242 e. The Morgan fingerprint density at radius 1 is 1.07 bits per heavy atom. The monoisotopic (exact) mass is 443 g/mol. The van der Waals surface area contributed by atoms with Crippen LogP contribution >= 0.6 is 11.3 Å². The molecule has 1 heterocycles. The summed E-state index contributed by atoms with van der Waals surface area (Å²) in [7, 11) is -0.621. The summed E-state index contributed by atoms with van der Waals surface area (Å²) in [5.74, 6) is -0.246. The molecule has 0 aliphatic heterocycles. The molecule has 30 heavy (non-hydrogen) atoms. The standard InChI is InChI=1S/C22H25N3O3S2/c1-16-11-12-18(14-20(16)30(27,28)25(2)3)24-21(26)15-23-22(19-10-7-13-29-19)17-8-5-4-6-9-17/h4-14,22-23H,15H2,1-3H3,(H,24,26)/t22-/m1/s1. The molecule has 3 rings (SSSR count). The molecule has 0 fully saturated rings. The zero-order chi connectivity index (χ0) is 21.7. The Morgan fingerprint density at radius 3 is 2.43 bits per heavy atom. The van der Waals surface area contributed by atoms with Crippen molar-refractivity contribution in [3.8, 4) is 0 Å². The van der Waals surface area contributed by atoms with Crippen LogP contribution in [-0.2, 0) is 14.8 Å². The molecule has 1 amide bonds. The zero-order valence-corrected chi connectivity index (χ0v) is 18.8. The van der Waals surface area contributed by atoms with Gasteiger partial charge in [-0.05, 0) is 41.6 Å². The average Bonchev–Trinajstić information content (AvgIpc) is 3.24. The van der Waals surface area contributed by atoms with Gasteiger partial charge in [-0.25, -0.2) is 12.7 Å². The molecule has 8 heteroatoms. The van der Waals surface area contributed by atoms with Gasteiger partial charge in [-0.1, -0.05) is 42.5 Å². The molecule has 0 unspecified atom stereocenters. The number of carbonyl (C=O) groups excluding carboxylic acids is 1. The van der Waals surface area contributed by atoms with E-state index in [0.717, 1.165) is 14.7 Å². The van der Waals surface area contributed by atoms with Crippen molar-refractivity contribution in [2.75, 3.05) is 26.0 Å². The average molecular weight is 444 g/mol. The highest BCUT2D eigenvalue weighted by molar-refractivity contribution is 7.89. The van der Waals surface area contributed by atoms with Crippen molar-refractivity contribution in [2.45, 2.75) is 17.9 Å². The number of benzene rings is 2. The minimum absolute atomic E-state index is 0.0844. The highest BCUT2D eigenvalue weighted by Gasteiger charge is 2.21. The predicted octanol–water partition coefficient (Wildman–Crippen LogP) is 3.62. The van der Waals surface area contributed by atoms with E-state index >= 15 is 0 Å². The van der Waals surface area contributed by atoms with E-state index in [4.69, 9.17) is 0 Å². The molecule has 0 bridgehead atoms. The molecule has 1 aromatic heterocycles. The second kappa shape index (κ2) is 9.53. The normalized spacial score (nSPS) is 12.7. The van der Waals surface area contributed by atoms with Crippen molar-refractivity contribution in [1.82, 2.24) is 9.62 Å². The molecule has 0 saturated carbocycles. The molecule has 0 spiro atoms. The van der Waals surface area contributed by atoms with E-state index in [0.29, 0.717) is 11.3 Å². The number of hydrogen-bond donors (Lipinski definition) is 2. The molecule has 0 saturated heterocycles. The number of rotatable bonds is 8. The Morgan fingerprint density at radius 2 is 1.80 bits per heavy atom. The van der Waals surface area contributed by atoms with Crippen LogP contribution in [0.2, 0.25) is 0 Å². The first-order valence-electron chi connectivity index (χ1n) is 9.44. The first-order chi connectivity index (χ1) is 14.3. The predicted molar refractivity (Wildman–Crippen MR) is 121 cm³/mol. The van der Waals surface area contributed by atoms with E-state index in [-0.39, 0.29) is 23.4 Å². The summed E-state index contributed by atoms with van der Waals surface area (Å²) >= 11 is 1.62. The van der Waals surface area contributed by atoms with Crippen molar-refractivity contribution < 1.29 is 13.2 Å². The SMILES string of the molecule is Cc1ccc(NC(=O)CN[C@H](c2ccccc2)c2cccs2)cc1S(=O)(=O)N(C)C. The van der Waals surface area contributed by atoms with E-state index in [2.05, 4.69) is 10.6 Å². The summed E-state index contributed by atoms with van der Waals surface area (Å²) in [5, 5.41) is 8.10. The largest absolute Gasteiger partial charge is 0.325 e. The van der Waals surface area contributed by atoms with E-state index in [9.17, 15) is 13.2 Å². The van der Waals surface area contributed by atoms with Gasteiger partial charge >= 0.3 is 0 Å². The third-order valence-corrected chi connectivity index (χ3v) is 7.55. The molecule has 0 aliphatic rings. The van der Waals surface area contributed by atoms with E-state index in [1.807, 2.05) is 47.8 Å². The van der Waals surface area contributed by atoms with Gasteiger partial charge in [0.2, 0.25) is 15.9 Å². The van der Waals surface area contributed by atoms with Crippen molar-refractivity contribution in [2.24, 2.45) is 0 Å². The van der Waals surface area contributed by atoms with Crippen LogP contribution in [0.5, 0.6) is 0 Å². The van der Waals surface area contributed by atoms with Crippen LogP contribution in [-0.4, -0.2) is 39.3 Å². The van der Waals surface area contributed by atoms with Crippen LogP contribution < -0.4 is 10.6 Å². The Balaban J connectivity index is 1.72. The first kappa shape index (κ1) is 22.2. The summed E-state index contributed by atoms with van der Waals surface area (Å²) in [6.45, 7) is 1.82. The summed E-state index contributed by atoms with van der Waals surface area (Å²) < 4.78 is 26.2. The Hall–Kier alpha value is -2.52. The lowest BCUT2D eigenvalue weighted by Gasteiger charge is -2.18. The van der Waals surface area contributed by atoms with Gasteiger partial charge in [0.05, 0.1) is 17.5 Å². The molecule has 2 N–H and O–H groups in total. The van der Waals surface area contributed by atoms with Gasteiger partial charge in [0.25, 0.3) is 0 Å². The maximum absolute atomic E-state index is 12.6. The first-order valence-corrected chi connectivity index (χ1v) is 11.8. The van der Waals surface area contributed by atoms with E-state index in [1.54, 1.807) is 30.4 Å². The Bertz CT molecular complexity index is 1100.